The molecular weight excluding hydrogens is 252 g/mol. The normalized spacial score (nSPS) is 12.2. The molecule has 2 aromatic rings. The first-order chi connectivity index (χ1) is 9.61. The smallest absolute Gasteiger partial charge is 0.268 e. The van der Waals surface area contributed by atoms with E-state index in [4.69, 9.17) is 0 Å². The van der Waals surface area contributed by atoms with E-state index in [0.717, 1.165) is 11.3 Å². The van der Waals surface area contributed by atoms with Gasteiger partial charge in [0, 0.05) is 12.7 Å². The van der Waals surface area contributed by atoms with Gasteiger partial charge < -0.3 is 15.0 Å². The highest BCUT2D eigenvalue weighted by Crippen LogP contribution is 2.07. The lowest BCUT2D eigenvalue weighted by Crippen LogP contribution is -2.39. The number of aliphatic hydroxyl groups excluding tert-OH is 1. The van der Waals surface area contributed by atoms with Crippen molar-refractivity contribution >= 4 is 5.91 Å². The van der Waals surface area contributed by atoms with E-state index in [-0.39, 0.29) is 18.6 Å². The van der Waals surface area contributed by atoms with Crippen LogP contribution in [0.5, 0.6) is 0 Å². The molecular formula is C16H20N2O2. The van der Waals surface area contributed by atoms with Crippen LogP contribution in [-0.4, -0.2) is 28.2 Å². The fourth-order valence-electron chi connectivity index (χ4n) is 2.16. The molecule has 0 aliphatic carbocycles. The minimum absolute atomic E-state index is 0.0793. The molecule has 0 saturated heterocycles. The molecule has 0 aliphatic rings. The van der Waals surface area contributed by atoms with E-state index in [1.54, 1.807) is 6.07 Å². The number of aromatic nitrogens is 1. The fraction of sp³-hybridized carbons (Fsp3) is 0.312. The molecule has 2 N–H and O–H groups in total. The summed E-state index contributed by atoms with van der Waals surface area (Å²) < 4.78 is 1.84. The predicted molar refractivity (Wildman–Crippen MR) is 78.6 cm³/mol. The maximum atomic E-state index is 12.2. The highest BCUT2D eigenvalue weighted by molar-refractivity contribution is 5.93. The lowest BCUT2D eigenvalue weighted by atomic mass is 10.1. The minimum atomic E-state index is -0.278. The largest absolute Gasteiger partial charge is 0.394 e. The van der Waals surface area contributed by atoms with Crippen molar-refractivity contribution < 1.29 is 9.90 Å². The van der Waals surface area contributed by atoms with Gasteiger partial charge in [-0.25, -0.2) is 0 Å². The van der Waals surface area contributed by atoms with E-state index < -0.39 is 0 Å². The standard InChI is InChI=1S/C16H20N2O2/c1-12-8-9-15(18(12)2)16(20)17-14(11-19)10-13-6-4-3-5-7-13/h3-9,14,19H,10-11H2,1-2H3,(H,17,20). The lowest BCUT2D eigenvalue weighted by Gasteiger charge is -2.17. The van der Waals surface area contributed by atoms with Crippen LogP contribution in [0, 0.1) is 6.92 Å². The van der Waals surface area contributed by atoms with Crippen molar-refractivity contribution in [3.63, 3.8) is 0 Å². The van der Waals surface area contributed by atoms with Crippen molar-refractivity contribution in [2.45, 2.75) is 19.4 Å². The molecule has 1 aromatic carbocycles. The fourth-order valence-corrected chi connectivity index (χ4v) is 2.16. The van der Waals surface area contributed by atoms with E-state index >= 15 is 0 Å². The maximum Gasteiger partial charge on any atom is 0.268 e. The van der Waals surface area contributed by atoms with E-state index in [9.17, 15) is 9.90 Å². The van der Waals surface area contributed by atoms with Gasteiger partial charge in [-0.05, 0) is 31.0 Å². The molecule has 0 saturated carbocycles. The Hall–Kier alpha value is -2.07. The van der Waals surface area contributed by atoms with Crippen LogP contribution in [-0.2, 0) is 13.5 Å². The van der Waals surface area contributed by atoms with Gasteiger partial charge in [0.15, 0.2) is 0 Å². The maximum absolute atomic E-state index is 12.2. The zero-order valence-electron chi connectivity index (χ0n) is 11.8. The number of aryl methyl sites for hydroxylation is 1. The van der Waals surface area contributed by atoms with Gasteiger partial charge in [-0.2, -0.15) is 0 Å². The minimum Gasteiger partial charge on any atom is -0.394 e. The molecule has 0 aliphatic heterocycles. The zero-order valence-corrected chi connectivity index (χ0v) is 11.8. The van der Waals surface area contributed by atoms with E-state index in [0.29, 0.717) is 12.1 Å². The molecule has 4 heteroatoms. The summed E-state index contributed by atoms with van der Waals surface area (Å²) in [5.41, 5.74) is 2.72. The van der Waals surface area contributed by atoms with Crippen LogP contribution in [0.4, 0.5) is 0 Å². The van der Waals surface area contributed by atoms with E-state index in [2.05, 4.69) is 5.32 Å². The number of hydrogen-bond donors (Lipinski definition) is 2. The van der Waals surface area contributed by atoms with Gasteiger partial charge in [-0.1, -0.05) is 30.3 Å². The van der Waals surface area contributed by atoms with Crippen molar-refractivity contribution in [2.75, 3.05) is 6.61 Å². The molecule has 0 fully saturated rings. The second-order valence-electron chi connectivity index (χ2n) is 4.96. The Morgan fingerprint density at radius 1 is 1.25 bits per heavy atom. The Kier molecular flexibility index (Phi) is 4.58. The quantitative estimate of drug-likeness (QED) is 0.870. The summed E-state index contributed by atoms with van der Waals surface area (Å²) in [5, 5.41) is 12.3. The number of aliphatic hydroxyl groups is 1. The molecule has 20 heavy (non-hydrogen) atoms. The summed E-state index contributed by atoms with van der Waals surface area (Å²) in [6.45, 7) is 1.87. The Balaban J connectivity index is 2.03. The summed E-state index contributed by atoms with van der Waals surface area (Å²) in [7, 11) is 1.86. The third-order valence-electron chi connectivity index (χ3n) is 3.49. The molecule has 2 rings (SSSR count). The highest BCUT2D eigenvalue weighted by Gasteiger charge is 2.16. The Labute approximate surface area is 119 Å². The first-order valence-electron chi connectivity index (χ1n) is 6.69. The first kappa shape index (κ1) is 14.3. The second kappa shape index (κ2) is 6.39. The van der Waals surface area contributed by atoms with Crippen molar-refractivity contribution in [1.82, 2.24) is 9.88 Å². The van der Waals surface area contributed by atoms with Gasteiger partial charge in [0.05, 0.1) is 12.6 Å². The molecule has 4 nitrogen and oxygen atoms in total. The van der Waals surface area contributed by atoms with Crippen LogP contribution in [0.3, 0.4) is 0 Å². The van der Waals surface area contributed by atoms with Crippen molar-refractivity contribution in [3.8, 4) is 0 Å². The number of carbonyl (C=O) groups excluding carboxylic acids is 1. The average Bonchev–Trinajstić information content (AvgIpc) is 2.79. The third-order valence-corrected chi connectivity index (χ3v) is 3.49. The summed E-state index contributed by atoms with van der Waals surface area (Å²) in [6, 6.07) is 13.2. The third kappa shape index (κ3) is 3.27. The highest BCUT2D eigenvalue weighted by atomic mass is 16.3. The van der Waals surface area contributed by atoms with Crippen LogP contribution in [0.25, 0.3) is 0 Å². The van der Waals surface area contributed by atoms with Crippen LogP contribution in [0.1, 0.15) is 21.7 Å². The van der Waals surface area contributed by atoms with Gasteiger partial charge in [0.1, 0.15) is 5.69 Å². The number of rotatable bonds is 5. The number of nitrogens with zero attached hydrogens (tertiary/aromatic N) is 1. The van der Waals surface area contributed by atoms with Gasteiger partial charge in [-0.3, -0.25) is 4.79 Å². The topological polar surface area (TPSA) is 54.3 Å². The first-order valence-corrected chi connectivity index (χ1v) is 6.69. The predicted octanol–water partition coefficient (Wildman–Crippen LogP) is 1.67. The molecule has 0 spiro atoms. The van der Waals surface area contributed by atoms with Crippen molar-refractivity contribution in [3.05, 3.63) is 59.4 Å². The molecule has 0 bridgehead atoms. The summed E-state index contributed by atoms with van der Waals surface area (Å²) >= 11 is 0. The summed E-state index contributed by atoms with van der Waals surface area (Å²) in [4.78, 5) is 12.2. The molecule has 1 atom stereocenters. The summed E-state index contributed by atoms with van der Waals surface area (Å²) in [5.74, 6) is -0.157. The molecule has 1 amide bonds. The molecule has 1 unspecified atom stereocenters. The lowest BCUT2D eigenvalue weighted by molar-refractivity contribution is 0.0908. The van der Waals surface area contributed by atoms with Crippen molar-refractivity contribution in [1.29, 1.82) is 0 Å². The Morgan fingerprint density at radius 2 is 1.95 bits per heavy atom. The molecule has 0 radical (unpaired) electrons. The SMILES string of the molecule is Cc1ccc(C(=O)NC(CO)Cc2ccccc2)n1C. The molecule has 1 heterocycles. The molecule has 106 valence electrons. The Morgan fingerprint density at radius 3 is 2.50 bits per heavy atom. The van der Waals surface area contributed by atoms with Crippen LogP contribution in [0.2, 0.25) is 0 Å². The molecule has 1 aromatic heterocycles. The van der Waals surface area contributed by atoms with Gasteiger partial charge in [0.2, 0.25) is 0 Å². The number of amides is 1. The number of carbonyl (C=O) groups is 1. The van der Waals surface area contributed by atoms with Crippen LogP contribution < -0.4 is 5.32 Å². The van der Waals surface area contributed by atoms with Gasteiger partial charge in [0.25, 0.3) is 5.91 Å². The number of nitrogens with one attached hydrogen (secondary N) is 1. The Bertz CT molecular complexity index is 575. The number of benzene rings is 1. The van der Waals surface area contributed by atoms with Crippen LogP contribution >= 0.6 is 0 Å². The van der Waals surface area contributed by atoms with E-state index in [1.165, 1.54) is 0 Å². The summed E-state index contributed by atoms with van der Waals surface area (Å²) in [6.07, 6.45) is 0.618. The monoisotopic (exact) mass is 272 g/mol. The second-order valence-corrected chi connectivity index (χ2v) is 4.96. The number of hydrogen-bond acceptors (Lipinski definition) is 2. The van der Waals surface area contributed by atoms with Gasteiger partial charge >= 0.3 is 0 Å². The van der Waals surface area contributed by atoms with Crippen LogP contribution in [0.15, 0.2) is 42.5 Å². The average molecular weight is 272 g/mol. The van der Waals surface area contributed by atoms with Gasteiger partial charge in [-0.15, -0.1) is 0 Å². The zero-order chi connectivity index (χ0) is 14.5. The van der Waals surface area contributed by atoms with Crippen molar-refractivity contribution in [2.24, 2.45) is 7.05 Å². The van der Waals surface area contributed by atoms with E-state index in [1.807, 2.05) is 54.9 Å².